The Hall–Kier alpha value is -3.34. The number of pyridine rings is 1. The Bertz CT molecular complexity index is 914. The molecule has 2 aromatic carbocycles. The highest BCUT2D eigenvalue weighted by Gasteiger charge is 2.29. The van der Waals surface area contributed by atoms with Crippen molar-refractivity contribution >= 4 is 6.03 Å². The van der Waals surface area contributed by atoms with Crippen LogP contribution in [0.25, 0.3) is 0 Å². The van der Waals surface area contributed by atoms with Gasteiger partial charge in [0.1, 0.15) is 12.4 Å². The number of ether oxygens (including phenoxy) is 1. The second-order valence-corrected chi connectivity index (χ2v) is 7.17. The number of rotatable bonds is 6. The number of amides is 2. The molecule has 0 spiro atoms. The van der Waals surface area contributed by atoms with Crippen molar-refractivity contribution in [1.82, 2.24) is 15.2 Å². The molecular weight excluding hydrogens is 362 g/mol. The number of aromatic nitrogens is 1. The Morgan fingerprint density at radius 2 is 1.83 bits per heavy atom. The number of carbonyl (C=O) groups is 1. The second-order valence-electron chi connectivity index (χ2n) is 7.17. The van der Waals surface area contributed by atoms with Crippen molar-refractivity contribution in [1.29, 1.82) is 0 Å². The summed E-state index contributed by atoms with van der Waals surface area (Å²) < 4.78 is 5.76. The van der Waals surface area contributed by atoms with Crippen molar-refractivity contribution in [2.75, 3.05) is 6.54 Å². The molecule has 1 fully saturated rings. The van der Waals surface area contributed by atoms with Gasteiger partial charge >= 0.3 is 6.03 Å². The van der Waals surface area contributed by atoms with Crippen LogP contribution in [0.15, 0.2) is 79.0 Å². The SMILES string of the molecule is O=C(NCc1ccc(OCc2ccccn2)cc1)N1CCCC1c1ccccc1. The monoisotopic (exact) mass is 387 g/mol. The first kappa shape index (κ1) is 19.0. The van der Waals surface area contributed by atoms with Gasteiger partial charge in [0, 0.05) is 19.3 Å². The molecule has 148 valence electrons. The number of hydrogen-bond donors (Lipinski definition) is 1. The van der Waals surface area contributed by atoms with Crippen molar-refractivity contribution in [2.45, 2.75) is 32.0 Å². The van der Waals surface area contributed by atoms with E-state index in [4.69, 9.17) is 4.74 Å². The molecule has 5 heteroatoms. The maximum absolute atomic E-state index is 12.7. The lowest BCUT2D eigenvalue weighted by molar-refractivity contribution is 0.192. The van der Waals surface area contributed by atoms with Crippen LogP contribution in [0.2, 0.25) is 0 Å². The number of hydrogen-bond acceptors (Lipinski definition) is 3. The fourth-order valence-corrected chi connectivity index (χ4v) is 3.66. The molecule has 0 aliphatic carbocycles. The van der Waals surface area contributed by atoms with Gasteiger partial charge < -0.3 is 15.0 Å². The molecule has 0 bridgehead atoms. The van der Waals surface area contributed by atoms with E-state index in [0.717, 1.165) is 36.4 Å². The Morgan fingerprint density at radius 1 is 1.03 bits per heavy atom. The van der Waals surface area contributed by atoms with Gasteiger partial charge in [0.2, 0.25) is 0 Å². The van der Waals surface area contributed by atoms with Gasteiger partial charge in [-0.3, -0.25) is 4.98 Å². The number of likely N-dealkylation sites (tertiary alicyclic amines) is 1. The van der Waals surface area contributed by atoms with Crippen LogP contribution in [0, 0.1) is 0 Å². The van der Waals surface area contributed by atoms with Crippen molar-refractivity contribution in [2.24, 2.45) is 0 Å². The van der Waals surface area contributed by atoms with Crippen LogP contribution in [0.4, 0.5) is 4.79 Å². The summed E-state index contributed by atoms with van der Waals surface area (Å²) in [6.07, 6.45) is 3.81. The van der Waals surface area contributed by atoms with Crippen molar-refractivity contribution in [3.8, 4) is 5.75 Å². The Labute approximate surface area is 171 Å². The number of urea groups is 1. The van der Waals surface area contributed by atoms with Crippen LogP contribution in [0.3, 0.4) is 0 Å². The smallest absolute Gasteiger partial charge is 0.318 e. The molecule has 1 atom stereocenters. The van der Waals surface area contributed by atoms with Crippen molar-refractivity contribution in [3.63, 3.8) is 0 Å². The Morgan fingerprint density at radius 3 is 2.59 bits per heavy atom. The lowest BCUT2D eigenvalue weighted by Crippen LogP contribution is -2.39. The summed E-state index contributed by atoms with van der Waals surface area (Å²) in [6.45, 7) is 1.73. The van der Waals surface area contributed by atoms with Gasteiger partial charge in [-0.2, -0.15) is 0 Å². The molecule has 1 aliphatic heterocycles. The number of carbonyl (C=O) groups excluding carboxylic acids is 1. The summed E-state index contributed by atoms with van der Waals surface area (Å²) in [5.74, 6) is 0.786. The van der Waals surface area contributed by atoms with Crippen LogP contribution in [-0.4, -0.2) is 22.5 Å². The van der Waals surface area contributed by atoms with Gasteiger partial charge in [-0.05, 0) is 48.2 Å². The summed E-state index contributed by atoms with van der Waals surface area (Å²) in [4.78, 5) is 18.9. The second kappa shape index (κ2) is 9.24. The van der Waals surface area contributed by atoms with E-state index in [1.807, 2.05) is 65.6 Å². The number of benzene rings is 2. The van der Waals surface area contributed by atoms with Crippen LogP contribution in [0.5, 0.6) is 5.75 Å². The summed E-state index contributed by atoms with van der Waals surface area (Å²) in [7, 11) is 0. The molecule has 2 amide bonds. The first-order valence-corrected chi connectivity index (χ1v) is 10.0. The average Bonchev–Trinajstić information content (AvgIpc) is 3.28. The minimum absolute atomic E-state index is 0.00756. The van der Waals surface area contributed by atoms with E-state index in [2.05, 4.69) is 22.4 Å². The van der Waals surface area contributed by atoms with Gasteiger partial charge in [-0.15, -0.1) is 0 Å². The van der Waals surface area contributed by atoms with Crippen LogP contribution in [0.1, 0.15) is 35.7 Å². The van der Waals surface area contributed by atoms with Gasteiger partial charge in [-0.25, -0.2) is 4.79 Å². The maximum Gasteiger partial charge on any atom is 0.318 e. The first-order chi connectivity index (χ1) is 14.3. The highest BCUT2D eigenvalue weighted by atomic mass is 16.5. The zero-order chi connectivity index (χ0) is 19.9. The molecule has 4 rings (SSSR count). The van der Waals surface area contributed by atoms with E-state index >= 15 is 0 Å². The van der Waals surface area contributed by atoms with Gasteiger partial charge in [0.05, 0.1) is 11.7 Å². The van der Waals surface area contributed by atoms with Crippen LogP contribution < -0.4 is 10.1 Å². The molecule has 0 radical (unpaired) electrons. The van der Waals surface area contributed by atoms with E-state index in [0.29, 0.717) is 13.2 Å². The highest BCUT2D eigenvalue weighted by molar-refractivity contribution is 5.75. The van der Waals surface area contributed by atoms with Gasteiger partial charge in [0.25, 0.3) is 0 Å². The molecule has 1 saturated heterocycles. The van der Waals surface area contributed by atoms with Crippen molar-refractivity contribution < 1.29 is 9.53 Å². The molecule has 1 aromatic heterocycles. The topological polar surface area (TPSA) is 54.5 Å². The average molecular weight is 387 g/mol. The molecule has 0 saturated carbocycles. The summed E-state index contributed by atoms with van der Waals surface area (Å²) in [5, 5.41) is 3.05. The quantitative estimate of drug-likeness (QED) is 0.667. The predicted molar refractivity (Wildman–Crippen MR) is 112 cm³/mol. The largest absolute Gasteiger partial charge is 0.487 e. The molecule has 2 heterocycles. The Kier molecular flexibility index (Phi) is 6.05. The predicted octanol–water partition coefficient (Wildman–Crippen LogP) is 4.71. The van der Waals surface area contributed by atoms with Crippen LogP contribution in [-0.2, 0) is 13.2 Å². The summed E-state index contributed by atoms with van der Waals surface area (Å²) in [6, 6.07) is 24.0. The van der Waals surface area contributed by atoms with Gasteiger partial charge in [-0.1, -0.05) is 48.5 Å². The standard InChI is InChI=1S/C24H25N3O2/c28-24(27-16-6-10-23(27)20-7-2-1-3-8-20)26-17-19-11-13-22(14-12-19)29-18-21-9-4-5-15-25-21/h1-5,7-9,11-15,23H,6,10,16-18H2,(H,26,28). The molecule has 29 heavy (non-hydrogen) atoms. The first-order valence-electron chi connectivity index (χ1n) is 10.0. The molecule has 5 nitrogen and oxygen atoms in total. The molecule has 3 aromatic rings. The normalized spacial score (nSPS) is 15.9. The minimum Gasteiger partial charge on any atom is -0.487 e. The highest BCUT2D eigenvalue weighted by Crippen LogP contribution is 2.31. The fraction of sp³-hybridized carbons (Fsp3) is 0.250. The maximum atomic E-state index is 12.7. The van der Waals surface area contributed by atoms with Crippen molar-refractivity contribution in [3.05, 3.63) is 95.8 Å². The van der Waals surface area contributed by atoms with E-state index < -0.39 is 0 Å². The summed E-state index contributed by atoms with van der Waals surface area (Å²) in [5.41, 5.74) is 3.14. The van der Waals surface area contributed by atoms with E-state index in [9.17, 15) is 4.79 Å². The third kappa shape index (κ3) is 4.93. The zero-order valence-electron chi connectivity index (χ0n) is 16.3. The number of nitrogens with one attached hydrogen (secondary N) is 1. The lowest BCUT2D eigenvalue weighted by Gasteiger charge is -2.25. The van der Waals surface area contributed by atoms with Gasteiger partial charge in [0.15, 0.2) is 0 Å². The third-order valence-corrected chi connectivity index (χ3v) is 5.18. The zero-order valence-corrected chi connectivity index (χ0v) is 16.3. The fourth-order valence-electron chi connectivity index (χ4n) is 3.66. The Balaban J connectivity index is 1.29. The molecule has 1 unspecified atom stereocenters. The molecular formula is C24H25N3O2. The van der Waals surface area contributed by atoms with E-state index in [1.54, 1.807) is 6.20 Å². The minimum atomic E-state index is -0.00756. The van der Waals surface area contributed by atoms with Crippen LogP contribution >= 0.6 is 0 Å². The number of nitrogens with zero attached hydrogens (tertiary/aromatic N) is 2. The lowest BCUT2D eigenvalue weighted by atomic mass is 10.1. The third-order valence-electron chi connectivity index (χ3n) is 5.18. The van der Waals surface area contributed by atoms with E-state index in [1.165, 1.54) is 5.56 Å². The summed E-state index contributed by atoms with van der Waals surface area (Å²) >= 11 is 0. The van der Waals surface area contributed by atoms with E-state index in [-0.39, 0.29) is 12.1 Å². The molecule has 1 N–H and O–H groups in total. The molecule has 1 aliphatic rings.